The predicted molar refractivity (Wildman–Crippen MR) is 107 cm³/mol. The molecule has 2 fully saturated rings. The normalized spacial score (nSPS) is 20.9. The number of piperazine rings is 1. The highest BCUT2D eigenvalue weighted by molar-refractivity contribution is 6.30. The van der Waals surface area contributed by atoms with Crippen molar-refractivity contribution in [2.75, 3.05) is 36.0 Å². The van der Waals surface area contributed by atoms with Crippen molar-refractivity contribution in [1.29, 1.82) is 0 Å². The Bertz CT molecular complexity index is 957. The van der Waals surface area contributed by atoms with Crippen LogP contribution in [0.4, 0.5) is 24.5 Å². The Morgan fingerprint density at radius 1 is 0.967 bits per heavy atom. The molecular formula is C21H20ClF3N3O2+. The molecule has 158 valence electrons. The summed E-state index contributed by atoms with van der Waals surface area (Å²) in [6.45, 7) is 2.15. The van der Waals surface area contributed by atoms with Crippen LogP contribution in [0.1, 0.15) is 12.0 Å². The first-order chi connectivity index (χ1) is 14.2. The van der Waals surface area contributed by atoms with Crippen molar-refractivity contribution in [2.24, 2.45) is 0 Å². The summed E-state index contributed by atoms with van der Waals surface area (Å²) >= 11 is 5.88. The van der Waals surface area contributed by atoms with E-state index in [0.717, 1.165) is 17.0 Å². The van der Waals surface area contributed by atoms with E-state index in [9.17, 15) is 22.8 Å². The van der Waals surface area contributed by atoms with Gasteiger partial charge in [-0.15, -0.1) is 0 Å². The van der Waals surface area contributed by atoms with E-state index in [1.54, 1.807) is 30.3 Å². The Balaban J connectivity index is 1.43. The Morgan fingerprint density at radius 3 is 2.27 bits per heavy atom. The first-order valence-electron chi connectivity index (χ1n) is 9.63. The minimum absolute atomic E-state index is 0.125. The minimum atomic E-state index is -4.38. The van der Waals surface area contributed by atoms with Gasteiger partial charge < -0.3 is 9.80 Å². The Labute approximate surface area is 176 Å². The maximum atomic E-state index is 13.0. The predicted octanol–water partition coefficient (Wildman–Crippen LogP) is 2.40. The number of imide groups is 1. The van der Waals surface area contributed by atoms with Gasteiger partial charge in [-0.3, -0.25) is 9.59 Å². The van der Waals surface area contributed by atoms with Crippen molar-refractivity contribution < 1.29 is 27.7 Å². The van der Waals surface area contributed by atoms with Crippen LogP contribution in [-0.4, -0.2) is 44.0 Å². The molecule has 0 spiro atoms. The molecule has 2 aromatic rings. The van der Waals surface area contributed by atoms with Gasteiger partial charge in [0.05, 0.1) is 43.9 Å². The molecule has 2 heterocycles. The first-order valence-corrected chi connectivity index (χ1v) is 10.0. The molecule has 2 aliphatic rings. The zero-order chi connectivity index (χ0) is 21.5. The van der Waals surface area contributed by atoms with Crippen LogP contribution >= 0.6 is 11.6 Å². The van der Waals surface area contributed by atoms with Gasteiger partial charge in [-0.1, -0.05) is 17.7 Å². The number of anilines is 2. The number of amides is 2. The molecule has 1 N–H and O–H groups in total. The number of carbonyl (C=O) groups excluding carboxylic acids is 2. The van der Waals surface area contributed by atoms with Gasteiger partial charge >= 0.3 is 6.18 Å². The van der Waals surface area contributed by atoms with E-state index in [1.165, 1.54) is 11.0 Å². The number of alkyl halides is 3. The van der Waals surface area contributed by atoms with Gasteiger partial charge in [0.2, 0.25) is 5.91 Å². The van der Waals surface area contributed by atoms with Crippen LogP contribution in [0.3, 0.4) is 0 Å². The number of carbonyl (C=O) groups is 2. The van der Waals surface area contributed by atoms with Gasteiger partial charge in [0.15, 0.2) is 6.04 Å². The van der Waals surface area contributed by atoms with Crippen molar-refractivity contribution >= 4 is 34.8 Å². The highest BCUT2D eigenvalue weighted by atomic mass is 35.5. The number of nitrogens with zero attached hydrogens (tertiary/aromatic N) is 2. The second-order valence-corrected chi connectivity index (χ2v) is 7.93. The third-order valence-corrected chi connectivity index (χ3v) is 5.92. The van der Waals surface area contributed by atoms with Gasteiger partial charge in [-0.25, -0.2) is 4.90 Å². The number of rotatable bonds is 3. The first kappa shape index (κ1) is 20.7. The topological polar surface area (TPSA) is 45.1 Å². The quantitative estimate of drug-likeness (QED) is 0.749. The number of quaternary nitrogens is 1. The second kappa shape index (κ2) is 7.92. The molecule has 2 aliphatic heterocycles. The van der Waals surface area contributed by atoms with Crippen LogP contribution in [0.15, 0.2) is 48.5 Å². The fraction of sp³-hybridized carbons (Fsp3) is 0.333. The summed E-state index contributed by atoms with van der Waals surface area (Å²) in [6, 6.07) is 11.3. The van der Waals surface area contributed by atoms with Crippen LogP contribution in [0.5, 0.6) is 0 Å². The molecule has 1 atom stereocenters. The van der Waals surface area contributed by atoms with E-state index in [-0.39, 0.29) is 18.2 Å². The van der Waals surface area contributed by atoms with Crippen molar-refractivity contribution in [1.82, 2.24) is 0 Å². The zero-order valence-electron chi connectivity index (χ0n) is 16.0. The molecule has 4 rings (SSSR count). The Hall–Kier alpha value is -2.58. The summed E-state index contributed by atoms with van der Waals surface area (Å²) in [6.07, 6.45) is -4.26. The smallest absolute Gasteiger partial charge is 0.360 e. The minimum Gasteiger partial charge on any atom is -0.360 e. The molecule has 0 bridgehead atoms. The molecule has 0 radical (unpaired) electrons. The lowest BCUT2D eigenvalue weighted by Gasteiger charge is -2.35. The van der Waals surface area contributed by atoms with Gasteiger partial charge in [0.25, 0.3) is 5.91 Å². The van der Waals surface area contributed by atoms with E-state index >= 15 is 0 Å². The number of benzene rings is 2. The molecule has 0 aliphatic carbocycles. The van der Waals surface area contributed by atoms with E-state index < -0.39 is 17.8 Å². The van der Waals surface area contributed by atoms with E-state index in [4.69, 9.17) is 11.6 Å². The third kappa shape index (κ3) is 4.02. The Morgan fingerprint density at radius 2 is 1.63 bits per heavy atom. The summed E-state index contributed by atoms with van der Waals surface area (Å²) in [5.74, 6) is -0.495. The van der Waals surface area contributed by atoms with E-state index in [0.29, 0.717) is 42.6 Å². The molecule has 9 heteroatoms. The lowest BCUT2D eigenvalue weighted by atomic mass is 10.1. The highest BCUT2D eigenvalue weighted by Gasteiger charge is 2.46. The number of nitrogens with one attached hydrogen (secondary N) is 1. The monoisotopic (exact) mass is 438 g/mol. The molecule has 2 amide bonds. The van der Waals surface area contributed by atoms with Crippen LogP contribution in [0.25, 0.3) is 0 Å². The third-order valence-electron chi connectivity index (χ3n) is 5.67. The zero-order valence-corrected chi connectivity index (χ0v) is 16.7. The fourth-order valence-electron chi connectivity index (χ4n) is 4.09. The van der Waals surface area contributed by atoms with Crippen molar-refractivity contribution in [3.63, 3.8) is 0 Å². The molecule has 0 aromatic heterocycles. The van der Waals surface area contributed by atoms with Crippen molar-refractivity contribution in [3.8, 4) is 0 Å². The molecule has 5 nitrogen and oxygen atoms in total. The molecule has 30 heavy (non-hydrogen) atoms. The molecule has 2 saturated heterocycles. The molecule has 0 saturated carbocycles. The fourth-order valence-corrected chi connectivity index (χ4v) is 4.22. The standard InChI is InChI=1S/C21H19ClF3N3O2/c22-15-4-6-16(7-5-15)28-19(29)13-18(20(28)30)27-10-8-26(9-11-27)17-3-1-2-14(12-17)21(23,24)25/h1-7,12,18H,8-11,13H2/p+1/t18-/m1/s1. The van der Waals surface area contributed by atoms with Crippen LogP contribution < -0.4 is 14.7 Å². The van der Waals surface area contributed by atoms with Crippen LogP contribution in [-0.2, 0) is 15.8 Å². The van der Waals surface area contributed by atoms with Crippen LogP contribution in [0, 0.1) is 0 Å². The summed E-state index contributed by atoms with van der Waals surface area (Å²) in [5, 5.41) is 0.519. The highest BCUT2D eigenvalue weighted by Crippen LogP contribution is 2.31. The summed E-state index contributed by atoms with van der Waals surface area (Å²) in [4.78, 5) is 29.5. The second-order valence-electron chi connectivity index (χ2n) is 7.49. The SMILES string of the molecule is O=C1C[C@@H]([NH+]2CCN(c3cccc(C(F)(F)F)c3)CC2)C(=O)N1c1ccc(Cl)cc1. The van der Waals surface area contributed by atoms with Gasteiger partial charge in [0.1, 0.15) is 0 Å². The number of hydrogen-bond donors (Lipinski definition) is 1. The van der Waals surface area contributed by atoms with E-state index in [2.05, 4.69) is 0 Å². The molecule has 0 unspecified atom stereocenters. The van der Waals surface area contributed by atoms with Gasteiger partial charge in [-0.2, -0.15) is 13.2 Å². The molecular weight excluding hydrogens is 419 g/mol. The maximum absolute atomic E-state index is 13.0. The average Bonchev–Trinajstić information content (AvgIpc) is 3.02. The van der Waals surface area contributed by atoms with Crippen LogP contribution in [0.2, 0.25) is 5.02 Å². The van der Waals surface area contributed by atoms with Gasteiger partial charge in [0, 0.05) is 10.7 Å². The van der Waals surface area contributed by atoms with Crippen molar-refractivity contribution in [3.05, 3.63) is 59.1 Å². The maximum Gasteiger partial charge on any atom is 0.416 e. The number of halogens is 4. The summed E-state index contributed by atoms with van der Waals surface area (Å²) in [5.41, 5.74) is 0.337. The summed E-state index contributed by atoms with van der Waals surface area (Å²) in [7, 11) is 0. The summed E-state index contributed by atoms with van der Waals surface area (Å²) < 4.78 is 38.9. The van der Waals surface area contributed by atoms with Gasteiger partial charge in [-0.05, 0) is 42.5 Å². The van der Waals surface area contributed by atoms with Crippen molar-refractivity contribution in [2.45, 2.75) is 18.6 Å². The Kier molecular flexibility index (Phi) is 5.46. The number of hydrogen-bond acceptors (Lipinski definition) is 3. The largest absolute Gasteiger partial charge is 0.416 e. The lowest BCUT2D eigenvalue weighted by molar-refractivity contribution is -0.915. The lowest BCUT2D eigenvalue weighted by Crippen LogP contribution is -3.19. The average molecular weight is 439 g/mol. The molecule has 2 aromatic carbocycles. The van der Waals surface area contributed by atoms with E-state index in [1.807, 2.05) is 4.90 Å².